The van der Waals surface area contributed by atoms with E-state index in [-0.39, 0.29) is 29.6 Å². The maximum Gasteiger partial charge on any atom is 0.407 e. The molecule has 0 unspecified atom stereocenters. The van der Waals surface area contributed by atoms with E-state index < -0.39 is 23.8 Å². The number of halogens is 4. The van der Waals surface area contributed by atoms with Gasteiger partial charge in [0, 0.05) is 10.6 Å². The first-order valence-electron chi connectivity index (χ1n) is 4.15. The Morgan fingerprint density at radius 3 is 2.38 bits per heavy atom. The summed E-state index contributed by atoms with van der Waals surface area (Å²) in [6, 6.07) is 1.18. The minimum atomic E-state index is -0.797. The summed E-state index contributed by atoms with van der Waals surface area (Å²) in [5, 5.41) is 2.26. The molecule has 0 spiro atoms. The van der Waals surface area contributed by atoms with Gasteiger partial charge in [0.25, 0.3) is 0 Å². The monoisotopic (exact) mass is 269 g/mol. The van der Waals surface area contributed by atoms with E-state index in [1.165, 1.54) is 0 Å². The number of benzene rings is 1. The van der Waals surface area contributed by atoms with Gasteiger partial charge in [0.1, 0.15) is 18.2 Å². The predicted octanol–water partition coefficient (Wildman–Crippen LogP) is 2.82. The summed E-state index contributed by atoms with van der Waals surface area (Å²) in [5.41, 5.74) is -0.231. The summed E-state index contributed by atoms with van der Waals surface area (Å²) in [7, 11) is 0. The van der Waals surface area contributed by atoms with Gasteiger partial charge < -0.3 is 10.1 Å². The lowest BCUT2D eigenvalue weighted by Gasteiger charge is -2.10. The quantitative estimate of drug-likeness (QED) is 0.852. The maximum atomic E-state index is 13.4. The summed E-state index contributed by atoms with van der Waals surface area (Å²) in [6.07, 6.45) is -0.686. The number of cyclic esters (lactones) is 1. The zero-order valence-electron chi connectivity index (χ0n) is 7.80. The van der Waals surface area contributed by atoms with Crippen LogP contribution >= 0.6 is 24.0 Å². The molecule has 3 nitrogen and oxygen atoms in total. The number of hydrogen-bond acceptors (Lipinski definition) is 2. The highest BCUT2D eigenvalue weighted by Crippen LogP contribution is 2.26. The summed E-state index contributed by atoms with van der Waals surface area (Å²) < 4.78 is 31.3. The molecule has 0 saturated carbocycles. The number of carbonyl (C=O) groups excluding carboxylic acids is 1. The van der Waals surface area contributed by atoms with Gasteiger partial charge in [-0.15, -0.1) is 12.4 Å². The lowest BCUT2D eigenvalue weighted by atomic mass is 10.1. The summed E-state index contributed by atoms with van der Waals surface area (Å²) in [4.78, 5) is 10.7. The van der Waals surface area contributed by atoms with Crippen molar-refractivity contribution < 1.29 is 18.3 Å². The molecule has 0 aromatic heterocycles. The largest absolute Gasteiger partial charge is 0.447 e. The first kappa shape index (κ1) is 13.0. The van der Waals surface area contributed by atoms with Gasteiger partial charge in [0.2, 0.25) is 0 Å². The normalized spacial score (nSPS) is 18.7. The molecule has 0 aliphatic carbocycles. The van der Waals surface area contributed by atoms with Crippen molar-refractivity contribution in [2.24, 2.45) is 0 Å². The van der Waals surface area contributed by atoms with E-state index in [4.69, 9.17) is 11.6 Å². The summed E-state index contributed by atoms with van der Waals surface area (Å²) >= 11 is 5.46. The van der Waals surface area contributed by atoms with Crippen LogP contribution in [0.1, 0.15) is 11.6 Å². The Morgan fingerprint density at radius 2 is 1.94 bits per heavy atom. The zero-order valence-corrected chi connectivity index (χ0v) is 9.37. The van der Waals surface area contributed by atoms with Crippen molar-refractivity contribution in [3.8, 4) is 0 Å². The molecular weight excluding hydrogens is 263 g/mol. The zero-order chi connectivity index (χ0) is 11.0. The summed E-state index contributed by atoms with van der Waals surface area (Å²) in [6.45, 7) is -0.0890. The highest BCUT2D eigenvalue weighted by molar-refractivity contribution is 6.30. The average Bonchev–Trinajstić information content (AvgIpc) is 2.49. The van der Waals surface area contributed by atoms with Crippen LogP contribution < -0.4 is 5.32 Å². The molecule has 0 radical (unpaired) electrons. The van der Waals surface area contributed by atoms with E-state index in [0.717, 1.165) is 12.1 Å². The Morgan fingerprint density at radius 1 is 1.38 bits per heavy atom. The van der Waals surface area contributed by atoms with E-state index in [1.807, 2.05) is 0 Å². The average molecular weight is 270 g/mol. The molecule has 1 amide bonds. The second-order valence-corrected chi connectivity index (χ2v) is 3.51. The van der Waals surface area contributed by atoms with E-state index in [0.29, 0.717) is 0 Å². The minimum absolute atomic E-state index is 0. The standard InChI is InChI=1S/C9H6ClF2NO2.ClH/c10-4-1-5(11)8(6(12)2-4)7-3-15-9(14)13-7;/h1-2,7H,3H2,(H,13,14);1H/t7-;/m0./s1. The van der Waals surface area contributed by atoms with Crippen LogP contribution in [0.4, 0.5) is 13.6 Å². The molecule has 1 saturated heterocycles. The topological polar surface area (TPSA) is 38.3 Å². The number of hydrogen-bond donors (Lipinski definition) is 1. The van der Waals surface area contributed by atoms with Crippen LogP contribution in [0.3, 0.4) is 0 Å². The molecule has 1 heterocycles. The van der Waals surface area contributed by atoms with Gasteiger partial charge in [0.05, 0.1) is 6.04 Å². The molecule has 1 atom stereocenters. The predicted molar refractivity (Wildman–Crippen MR) is 55.8 cm³/mol. The molecular formula is C9H7Cl2F2NO2. The van der Waals surface area contributed by atoms with Crippen LogP contribution in [-0.2, 0) is 4.74 Å². The Bertz CT molecular complexity index is 405. The second-order valence-electron chi connectivity index (χ2n) is 3.08. The molecule has 88 valence electrons. The number of rotatable bonds is 1. The van der Waals surface area contributed by atoms with Gasteiger partial charge in [0.15, 0.2) is 0 Å². The lowest BCUT2D eigenvalue weighted by Crippen LogP contribution is -2.20. The Kier molecular flexibility index (Phi) is 3.93. The third kappa shape index (κ3) is 2.36. The van der Waals surface area contributed by atoms with Crippen LogP contribution in [0.25, 0.3) is 0 Å². The molecule has 1 aliphatic heterocycles. The number of alkyl carbamates (subject to hydrolysis) is 1. The van der Waals surface area contributed by atoms with Gasteiger partial charge in [-0.1, -0.05) is 11.6 Å². The van der Waals surface area contributed by atoms with Crippen LogP contribution in [0.15, 0.2) is 12.1 Å². The van der Waals surface area contributed by atoms with Crippen molar-refractivity contribution in [3.63, 3.8) is 0 Å². The fraction of sp³-hybridized carbons (Fsp3) is 0.222. The fourth-order valence-corrected chi connectivity index (χ4v) is 1.62. The molecule has 1 aliphatic rings. The molecule has 1 N–H and O–H groups in total. The van der Waals surface area contributed by atoms with Gasteiger partial charge >= 0.3 is 6.09 Å². The van der Waals surface area contributed by atoms with Crippen molar-refractivity contribution in [3.05, 3.63) is 34.4 Å². The highest BCUT2D eigenvalue weighted by Gasteiger charge is 2.29. The molecule has 1 aromatic carbocycles. The number of ether oxygens (including phenoxy) is 1. The van der Waals surface area contributed by atoms with Gasteiger partial charge in [-0.3, -0.25) is 0 Å². The lowest BCUT2D eigenvalue weighted by molar-refractivity contribution is 0.176. The van der Waals surface area contributed by atoms with Crippen molar-refractivity contribution in [2.45, 2.75) is 6.04 Å². The van der Waals surface area contributed by atoms with Crippen molar-refractivity contribution in [1.82, 2.24) is 5.32 Å². The van der Waals surface area contributed by atoms with Crippen molar-refractivity contribution >= 4 is 30.1 Å². The van der Waals surface area contributed by atoms with Crippen LogP contribution in [0.2, 0.25) is 5.02 Å². The van der Waals surface area contributed by atoms with Crippen LogP contribution in [0.5, 0.6) is 0 Å². The van der Waals surface area contributed by atoms with Gasteiger partial charge in [-0.2, -0.15) is 0 Å². The van der Waals surface area contributed by atoms with Gasteiger partial charge in [-0.05, 0) is 12.1 Å². The second kappa shape index (κ2) is 4.84. The van der Waals surface area contributed by atoms with Crippen molar-refractivity contribution in [1.29, 1.82) is 0 Å². The van der Waals surface area contributed by atoms with Crippen molar-refractivity contribution in [2.75, 3.05) is 6.61 Å². The van der Waals surface area contributed by atoms with Gasteiger partial charge in [-0.25, -0.2) is 13.6 Å². The fourth-order valence-electron chi connectivity index (χ4n) is 1.43. The minimum Gasteiger partial charge on any atom is -0.447 e. The molecule has 7 heteroatoms. The molecule has 2 rings (SSSR count). The van der Waals surface area contributed by atoms with Crippen LogP contribution in [-0.4, -0.2) is 12.7 Å². The smallest absolute Gasteiger partial charge is 0.407 e. The maximum absolute atomic E-state index is 13.4. The van der Waals surface area contributed by atoms with E-state index >= 15 is 0 Å². The molecule has 1 aromatic rings. The van der Waals surface area contributed by atoms with E-state index in [1.54, 1.807) is 0 Å². The number of nitrogens with one attached hydrogen (secondary N) is 1. The third-order valence-corrected chi connectivity index (χ3v) is 2.28. The SMILES string of the molecule is Cl.O=C1N[C@H](c2c(F)cc(Cl)cc2F)CO1. The van der Waals surface area contributed by atoms with Crippen LogP contribution in [0, 0.1) is 11.6 Å². The van der Waals surface area contributed by atoms with E-state index in [9.17, 15) is 13.6 Å². The Labute approximate surface area is 101 Å². The molecule has 1 fully saturated rings. The number of amides is 1. The van der Waals surface area contributed by atoms with E-state index in [2.05, 4.69) is 10.1 Å². The Hall–Kier alpha value is -1.07. The molecule has 0 bridgehead atoms. The number of carbonyl (C=O) groups is 1. The third-order valence-electron chi connectivity index (χ3n) is 2.07. The Balaban J connectivity index is 0.00000128. The highest BCUT2D eigenvalue weighted by atomic mass is 35.5. The first-order chi connectivity index (χ1) is 7.08. The summed E-state index contributed by atoms with van der Waals surface area (Å²) in [5.74, 6) is -1.59. The molecule has 16 heavy (non-hydrogen) atoms. The first-order valence-corrected chi connectivity index (χ1v) is 4.53.